The maximum absolute atomic E-state index is 12.7. The molecule has 0 unspecified atom stereocenters. The van der Waals surface area contributed by atoms with Crippen LogP contribution in [0.2, 0.25) is 10.0 Å². The Balaban J connectivity index is 1.46. The zero-order valence-corrected chi connectivity index (χ0v) is 20.1. The lowest BCUT2D eigenvalue weighted by Crippen LogP contribution is -2.47. The summed E-state index contributed by atoms with van der Waals surface area (Å²) in [5.74, 6) is 1.35. The molecule has 0 bridgehead atoms. The molecule has 0 radical (unpaired) electrons. The Morgan fingerprint density at radius 2 is 1.79 bits per heavy atom. The first-order chi connectivity index (χ1) is 16.4. The van der Waals surface area contributed by atoms with E-state index >= 15 is 0 Å². The Labute approximate surface area is 207 Å². The number of anilines is 4. The zero-order chi connectivity index (χ0) is 24.1. The van der Waals surface area contributed by atoms with Crippen molar-refractivity contribution in [3.63, 3.8) is 0 Å². The average molecular weight is 502 g/mol. The molecule has 9 nitrogen and oxygen atoms in total. The molecule has 0 saturated carbocycles. The molecule has 178 valence electrons. The average Bonchev–Trinajstić information content (AvgIpc) is 2.79. The fourth-order valence-corrected chi connectivity index (χ4v) is 4.26. The summed E-state index contributed by atoms with van der Waals surface area (Å²) in [4.78, 5) is 30.6. The van der Waals surface area contributed by atoms with E-state index in [0.29, 0.717) is 29.8 Å². The number of carbonyl (C=O) groups excluding carboxylic acids is 1. The molecule has 2 aromatic heterocycles. The Morgan fingerprint density at radius 3 is 2.50 bits per heavy atom. The normalized spacial score (nSPS) is 14.2. The number of hydrogen-bond donors (Lipinski definition) is 3. The number of rotatable bonds is 7. The van der Waals surface area contributed by atoms with Crippen molar-refractivity contribution in [2.75, 3.05) is 54.9 Å². The highest BCUT2D eigenvalue weighted by Gasteiger charge is 2.19. The van der Waals surface area contributed by atoms with Gasteiger partial charge < -0.3 is 20.6 Å². The molecule has 3 heterocycles. The lowest BCUT2D eigenvalue weighted by atomic mass is 10.2. The van der Waals surface area contributed by atoms with E-state index in [1.165, 1.54) is 0 Å². The van der Waals surface area contributed by atoms with Crippen molar-refractivity contribution in [1.29, 1.82) is 0 Å². The summed E-state index contributed by atoms with van der Waals surface area (Å²) in [6.45, 7) is 6.01. The largest absolute Gasteiger partial charge is 0.395 e. The van der Waals surface area contributed by atoms with Gasteiger partial charge in [0.15, 0.2) is 0 Å². The quantitative estimate of drug-likeness (QED) is 0.450. The molecule has 11 heteroatoms. The second-order valence-corrected chi connectivity index (χ2v) is 8.67. The van der Waals surface area contributed by atoms with Crippen LogP contribution < -0.4 is 15.5 Å². The molecule has 1 amide bonds. The molecule has 3 aromatic rings. The molecule has 3 N–H and O–H groups in total. The number of nitrogens with one attached hydrogen (secondary N) is 2. The predicted molar refractivity (Wildman–Crippen MR) is 134 cm³/mol. The molecule has 1 aliphatic rings. The van der Waals surface area contributed by atoms with Crippen molar-refractivity contribution in [2.45, 2.75) is 6.92 Å². The van der Waals surface area contributed by atoms with Gasteiger partial charge in [0.25, 0.3) is 5.91 Å². The summed E-state index contributed by atoms with van der Waals surface area (Å²) in [6.07, 6.45) is 1.58. The molecular weight excluding hydrogens is 477 g/mol. The monoisotopic (exact) mass is 501 g/mol. The maximum Gasteiger partial charge on any atom is 0.258 e. The summed E-state index contributed by atoms with van der Waals surface area (Å²) >= 11 is 12.3. The second kappa shape index (κ2) is 11.0. The number of nitrogens with zero attached hydrogens (tertiary/aromatic N) is 5. The van der Waals surface area contributed by atoms with Crippen molar-refractivity contribution in [3.05, 3.63) is 63.9 Å². The number of aromatic nitrogens is 3. The van der Waals surface area contributed by atoms with E-state index < -0.39 is 5.91 Å². The van der Waals surface area contributed by atoms with Gasteiger partial charge in [-0.2, -0.15) is 4.98 Å². The third-order valence-corrected chi connectivity index (χ3v) is 6.01. The number of amides is 1. The SMILES string of the molecule is Cc1cc(Nc2cc(NC(=O)c3c(Cl)cccc3Cl)ccn2)nc(N2CCN(CCO)CC2)n1. The maximum atomic E-state index is 12.7. The van der Waals surface area contributed by atoms with E-state index in [4.69, 9.17) is 28.3 Å². The van der Waals surface area contributed by atoms with Gasteiger partial charge in [0, 0.05) is 62.4 Å². The van der Waals surface area contributed by atoms with E-state index in [9.17, 15) is 4.79 Å². The molecule has 1 fully saturated rings. The van der Waals surface area contributed by atoms with E-state index in [1.54, 1.807) is 36.5 Å². The highest BCUT2D eigenvalue weighted by molar-refractivity contribution is 6.40. The molecule has 0 spiro atoms. The number of carbonyl (C=O) groups is 1. The molecule has 1 aromatic carbocycles. The van der Waals surface area contributed by atoms with Crippen LogP contribution in [0, 0.1) is 6.92 Å². The van der Waals surface area contributed by atoms with Crippen molar-refractivity contribution in [1.82, 2.24) is 19.9 Å². The zero-order valence-electron chi connectivity index (χ0n) is 18.6. The topological polar surface area (TPSA) is 107 Å². The van der Waals surface area contributed by atoms with E-state index in [2.05, 4.69) is 35.4 Å². The molecule has 1 aliphatic heterocycles. The van der Waals surface area contributed by atoms with Crippen LogP contribution in [-0.4, -0.2) is 70.2 Å². The van der Waals surface area contributed by atoms with Crippen molar-refractivity contribution in [2.24, 2.45) is 0 Å². The summed E-state index contributed by atoms with van der Waals surface area (Å²) in [5.41, 5.74) is 1.57. The van der Waals surface area contributed by atoms with Gasteiger partial charge in [-0.05, 0) is 25.1 Å². The van der Waals surface area contributed by atoms with Gasteiger partial charge in [0.05, 0.1) is 22.2 Å². The van der Waals surface area contributed by atoms with E-state index in [1.807, 2.05) is 13.0 Å². The third kappa shape index (κ3) is 5.92. The highest BCUT2D eigenvalue weighted by atomic mass is 35.5. The van der Waals surface area contributed by atoms with Gasteiger partial charge >= 0.3 is 0 Å². The van der Waals surface area contributed by atoms with Crippen LogP contribution in [0.3, 0.4) is 0 Å². The molecule has 1 saturated heterocycles. The predicted octanol–water partition coefficient (Wildman–Crippen LogP) is 3.60. The third-order valence-electron chi connectivity index (χ3n) is 5.38. The first kappa shape index (κ1) is 24.2. The lowest BCUT2D eigenvalue weighted by Gasteiger charge is -2.34. The Kier molecular flexibility index (Phi) is 7.79. The van der Waals surface area contributed by atoms with Crippen LogP contribution in [-0.2, 0) is 0 Å². The minimum Gasteiger partial charge on any atom is -0.395 e. The van der Waals surface area contributed by atoms with Crippen molar-refractivity contribution < 1.29 is 9.90 Å². The molecule has 0 atom stereocenters. The summed E-state index contributed by atoms with van der Waals surface area (Å²) in [5, 5.41) is 15.7. The van der Waals surface area contributed by atoms with Crippen LogP contribution in [0.1, 0.15) is 16.1 Å². The summed E-state index contributed by atoms with van der Waals surface area (Å²) in [7, 11) is 0. The highest BCUT2D eigenvalue weighted by Crippen LogP contribution is 2.26. The summed E-state index contributed by atoms with van der Waals surface area (Å²) < 4.78 is 0. The minimum atomic E-state index is -0.409. The fraction of sp³-hybridized carbons (Fsp3) is 0.304. The number of halogens is 2. The number of β-amino-alcohol motifs (C(OH)–C–C–N with tert-alkyl or cyclic N) is 1. The van der Waals surface area contributed by atoms with Crippen LogP contribution in [0.5, 0.6) is 0 Å². The number of aryl methyl sites for hydroxylation is 1. The number of pyridine rings is 1. The minimum absolute atomic E-state index is 0.160. The van der Waals surface area contributed by atoms with Gasteiger partial charge in [0.1, 0.15) is 11.6 Å². The van der Waals surface area contributed by atoms with E-state index in [-0.39, 0.29) is 22.2 Å². The number of benzene rings is 1. The first-order valence-electron chi connectivity index (χ1n) is 10.9. The number of hydrogen-bond acceptors (Lipinski definition) is 8. The summed E-state index contributed by atoms with van der Waals surface area (Å²) in [6, 6.07) is 10.1. The number of aliphatic hydroxyl groups excluding tert-OH is 1. The second-order valence-electron chi connectivity index (χ2n) is 7.85. The van der Waals surface area contributed by atoms with Gasteiger partial charge in [0.2, 0.25) is 5.95 Å². The van der Waals surface area contributed by atoms with Crippen LogP contribution in [0.4, 0.5) is 23.3 Å². The van der Waals surface area contributed by atoms with Crippen molar-refractivity contribution in [3.8, 4) is 0 Å². The van der Waals surface area contributed by atoms with Crippen LogP contribution in [0.15, 0.2) is 42.6 Å². The number of aliphatic hydroxyl groups is 1. The number of piperazine rings is 1. The van der Waals surface area contributed by atoms with Gasteiger partial charge in [-0.15, -0.1) is 0 Å². The molecule has 4 rings (SSSR count). The van der Waals surface area contributed by atoms with Crippen molar-refractivity contribution >= 4 is 52.4 Å². The smallest absolute Gasteiger partial charge is 0.258 e. The lowest BCUT2D eigenvalue weighted by molar-refractivity contribution is 0.102. The van der Waals surface area contributed by atoms with E-state index in [0.717, 1.165) is 31.9 Å². The Hall–Kier alpha value is -2.98. The molecule has 34 heavy (non-hydrogen) atoms. The molecular formula is C23H25Cl2N7O2. The van der Waals surface area contributed by atoms with Gasteiger partial charge in [-0.3, -0.25) is 9.69 Å². The fourth-order valence-electron chi connectivity index (χ4n) is 3.69. The Bertz CT molecular complexity index is 1150. The van der Waals surface area contributed by atoms with Crippen LogP contribution >= 0.6 is 23.2 Å². The van der Waals surface area contributed by atoms with Gasteiger partial charge in [-0.25, -0.2) is 9.97 Å². The standard InChI is InChI=1S/C23H25Cl2N7O2/c1-15-13-20(30-23(27-15)32-9-7-31(8-10-32)11-12-33)29-19-14-16(5-6-26-19)28-22(34)21-17(24)3-2-4-18(21)25/h2-6,13-14,33H,7-12H2,1H3,(H2,26,27,28,29,30,34). The van der Waals surface area contributed by atoms with Gasteiger partial charge in [-0.1, -0.05) is 29.3 Å². The van der Waals surface area contributed by atoms with Crippen LogP contribution in [0.25, 0.3) is 0 Å². The molecule has 0 aliphatic carbocycles. The first-order valence-corrected chi connectivity index (χ1v) is 11.6. The Morgan fingerprint density at radius 1 is 1.06 bits per heavy atom.